The second kappa shape index (κ2) is 5.46. The highest BCUT2D eigenvalue weighted by Crippen LogP contribution is 2.16. The molecule has 0 unspecified atom stereocenters. The molecule has 1 aromatic rings. The minimum Gasteiger partial charge on any atom is -0.307 e. The standard InChI is InChI=1S/C10H10ClFN2O2/c1-6-7(12)3-2-4-8(6)13-10(16)14-9(15)5-11/h2-4H,5H2,1H3,(H2,13,14,15,16). The second-order valence-electron chi connectivity index (χ2n) is 3.05. The van der Waals surface area contributed by atoms with E-state index >= 15 is 0 Å². The fraction of sp³-hybridized carbons (Fsp3) is 0.200. The van der Waals surface area contributed by atoms with Crippen LogP contribution in [0, 0.1) is 12.7 Å². The van der Waals surface area contributed by atoms with E-state index in [1.807, 2.05) is 5.32 Å². The molecule has 0 heterocycles. The summed E-state index contributed by atoms with van der Waals surface area (Å²) in [5.74, 6) is -1.36. The van der Waals surface area contributed by atoms with Crippen molar-refractivity contribution in [2.24, 2.45) is 0 Å². The first kappa shape index (κ1) is 12.4. The van der Waals surface area contributed by atoms with Crippen molar-refractivity contribution in [2.45, 2.75) is 6.92 Å². The van der Waals surface area contributed by atoms with Gasteiger partial charge in [-0.25, -0.2) is 9.18 Å². The van der Waals surface area contributed by atoms with Gasteiger partial charge < -0.3 is 5.32 Å². The van der Waals surface area contributed by atoms with E-state index in [-0.39, 0.29) is 5.88 Å². The number of rotatable bonds is 2. The zero-order chi connectivity index (χ0) is 12.1. The van der Waals surface area contributed by atoms with Crippen molar-refractivity contribution in [3.8, 4) is 0 Å². The summed E-state index contributed by atoms with van der Waals surface area (Å²) in [7, 11) is 0. The maximum Gasteiger partial charge on any atom is 0.325 e. The fourth-order valence-corrected chi connectivity index (χ4v) is 1.12. The van der Waals surface area contributed by atoms with Gasteiger partial charge in [0.2, 0.25) is 5.91 Å². The van der Waals surface area contributed by atoms with Gasteiger partial charge in [-0.3, -0.25) is 10.1 Å². The SMILES string of the molecule is Cc1c(F)cccc1NC(=O)NC(=O)CCl. The molecule has 86 valence electrons. The van der Waals surface area contributed by atoms with Crippen molar-refractivity contribution < 1.29 is 14.0 Å². The first-order valence-electron chi connectivity index (χ1n) is 4.46. The van der Waals surface area contributed by atoms with Gasteiger partial charge in [0.25, 0.3) is 0 Å². The number of carbonyl (C=O) groups excluding carboxylic acids is 2. The Balaban J connectivity index is 2.70. The molecule has 0 atom stereocenters. The Labute approximate surface area is 96.8 Å². The molecule has 0 saturated carbocycles. The summed E-state index contributed by atoms with van der Waals surface area (Å²) in [5, 5.41) is 4.33. The summed E-state index contributed by atoms with van der Waals surface area (Å²) in [6, 6.07) is 3.53. The molecule has 4 nitrogen and oxygen atoms in total. The molecule has 0 saturated heterocycles. The molecule has 6 heteroatoms. The van der Waals surface area contributed by atoms with E-state index in [0.717, 1.165) is 0 Å². The number of urea groups is 1. The maximum absolute atomic E-state index is 13.1. The average Bonchev–Trinajstić information content (AvgIpc) is 2.24. The van der Waals surface area contributed by atoms with Crippen LogP contribution >= 0.6 is 11.6 Å². The Hall–Kier alpha value is -1.62. The monoisotopic (exact) mass is 244 g/mol. The minimum atomic E-state index is -0.737. The maximum atomic E-state index is 13.1. The van der Waals surface area contributed by atoms with E-state index < -0.39 is 17.8 Å². The van der Waals surface area contributed by atoms with Crippen molar-refractivity contribution >= 4 is 29.2 Å². The van der Waals surface area contributed by atoms with Gasteiger partial charge in [-0.05, 0) is 19.1 Å². The van der Waals surface area contributed by atoms with Crippen LogP contribution < -0.4 is 10.6 Å². The number of alkyl halides is 1. The predicted molar refractivity (Wildman–Crippen MR) is 59.0 cm³/mol. The summed E-state index contributed by atoms with van der Waals surface area (Å²) >= 11 is 5.20. The van der Waals surface area contributed by atoms with Gasteiger partial charge in [0, 0.05) is 11.3 Å². The van der Waals surface area contributed by atoms with Gasteiger partial charge in [0.05, 0.1) is 0 Å². The van der Waals surface area contributed by atoms with Crippen LogP contribution in [0.3, 0.4) is 0 Å². The zero-order valence-corrected chi connectivity index (χ0v) is 9.27. The zero-order valence-electron chi connectivity index (χ0n) is 8.51. The molecular weight excluding hydrogens is 235 g/mol. The number of nitrogens with one attached hydrogen (secondary N) is 2. The smallest absolute Gasteiger partial charge is 0.307 e. The summed E-state index contributed by atoms with van der Waals surface area (Å²) in [6.07, 6.45) is 0. The largest absolute Gasteiger partial charge is 0.325 e. The Bertz CT molecular complexity index is 423. The van der Waals surface area contributed by atoms with Crippen LogP contribution in [0.25, 0.3) is 0 Å². The molecule has 0 aliphatic heterocycles. The number of hydrogen-bond donors (Lipinski definition) is 2. The van der Waals surface area contributed by atoms with Gasteiger partial charge in [0.15, 0.2) is 0 Å². The van der Waals surface area contributed by atoms with Crippen LogP contribution in [0.4, 0.5) is 14.9 Å². The van der Waals surface area contributed by atoms with Crippen LogP contribution in [0.5, 0.6) is 0 Å². The van der Waals surface area contributed by atoms with Gasteiger partial charge >= 0.3 is 6.03 Å². The molecule has 2 N–H and O–H groups in total. The molecule has 3 amide bonds. The van der Waals surface area contributed by atoms with Gasteiger partial charge in [-0.2, -0.15) is 0 Å². The highest BCUT2D eigenvalue weighted by molar-refractivity contribution is 6.28. The Morgan fingerprint density at radius 1 is 1.44 bits per heavy atom. The van der Waals surface area contributed by atoms with E-state index in [9.17, 15) is 14.0 Å². The number of hydrogen-bond acceptors (Lipinski definition) is 2. The average molecular weight is 245 g/mol. The predicted octanol–water partition coefficient (Wildman–Crippen LogP) is 2.02. The van der Waals surface area contributed by atoms with Crippen molar-refractivity contribution in [1.82, 2.24) is 5.32 Å². The number of halogens is 2. The molecule has 0 fully saturated rings. The summed E-state index contributed by atoms with van der Waals surface area (Å²) < 4.78 is 13.1. The number of benzene rings is 1. The van der Waals surface area contributed by atoms with Gasteiger partial charge in [0.1, 0.15) is 11.7 Å². The molecule has 1 aromatic carbocycles. The molecule has 0 bridgehead atoms. The fourth-order valence-electron chi connectivity index (χ4n) is 1.06. The lowest BCUT2D eigenvalue weighted by molar-refractivity contribution is -0.117. The molecule has 0 aliphatic carbocycles. The molecule has 0 spiro atoms. The molecule has 0 aromatic heterocycles. The highest BCUT2D eigenvalue weighted by atomic mass is 35.5. The third-order valence-electron chi connectivity index (χ3n) is 1.89. The van der Waals surface area contributed by atoms with Gasteiger partial charge in [-0.1, -0.05) is 6.07 Å². The summed E-state index contributed by atoms with van der Waals surface area (Å²) in [5.41, 5.74) is 0.607. The normalized spacial score (nSPS) is 9.69. The van der Waals surface area contributed by atoms with Crippen molar-refractivity contribution in [1.29, 1.82) is 0 Å². The second-order valence-corrected chi connectivity index (χ2v) is 3.32. The minimum absolute atomic E-state index is 0.302. The van der Waals surface area contributed by atoms with E-state index in [0.29, 0.717) is 11.3 Å². The number of amides is 3. The highest BCUT2D eigenvalue weighted by Gasteiger charge is 2.09. The van der Waals surface area contributed by atoms with Crippen LogP contribution in [-0.4, -0.2) is 17.8 Å². The Morgan fingerprint density at radius 3 is 2.75 bits per heavy atom. The number of carbonyl (C=O) groups is 2. The Kier molecular flexibility index (Phi) is 4.25. The lowest BCUT2D eigenvalue weighted by atomic mass is 10.2. The van der Waals surface area contributed by atoms with Crippen molar-refractivity contribution in [3.05, 3.63) is 29.6 Å². The van der Waals surface area contributed by atoms with Gasteiger partial charge in [-0.15, -0.1) is 11.6 Å². The van der Waals surface area contributed by atoms with Crippen LogP contribution in [-0.2, 0) is 4.79 Å². The topological polar surface area (TPSA) is 58.2 Å². The number of anilines is 1. The first-order valence-corrected chi connectivity index (χ1v) is 5.00. The third kappa shape index (κ3) is 3.20. The Morgan fingerprint density at radius 2 is 2.12 bits per heavy atom. The summed E-state index contributed by atoms with van der Waals surface area (Å²) in [4.78, 5) is 22.0. The lowest BCUT2D eigenvalue weighted by Gasteiger charge is -2.08. The molecule has 0 radical (unpaired) electrons. The van der Waals surface area contributed by atoms with E-state index in [1.54, 1.807) is 0 Å². The first-order chi connectivity index (χ1) is 7.54. The van der Waals surface area contributed by atoms with E-state index in [1.165, 1.54) is 25.1 Å². The quantitative estimate of drug-likeness (QED) is 0.782. The van der Waals surface area contributed by atoms with E-state index in [4.69, 9.17) is 11.6 Å². The third-order valence-corrected chi connectivity index (χ3v) is 2.13. The lowest BCUT2D eigenvalue weighted by Crippen LogP contribution is -2.35. The van der Waals surface area contributed by atoms with Crippen LogP contribution in [0.2, 0.25) is 0 Å². The van der Waals surface area contributed by atoms with Crippen LogP contribution in [0.1, 0.15) is 5.56 Å². The van der Waals surface area contributed by atoms with Crippen LogP contribution in [0.15, 0.2) is 18.2 Å². The molecule has 16 heavy (non-hydrogen) atoms. The summed E-state index contributed by atoms with van der Waals surface area (Å²) in [6.45, 7) is 1.52. The van der Waals surface area contributed by atoms with Crippen molar-refractivity contribution in [3.63, 3.8) is 0 Å². The molecule has 1 rings (SSSR count). The van der Waals surface area contributed by atoms with Crippen molar-refractivity contribution in [2.75, 3.05) is 11.2 Å². The number of imide groups is 1. The molecular formula is C10H10ClFN2O2. The van der Waals surface area contributed by atoms with E-state index in [2.05, 4.69) is 5.32 Å². The molecule has 0 aliphatic rings.